The Morgan fingerprint density at radius 3 is 1.21 bits per heavy atom. The van der Waals surface area contributed by atoms with Crippen LogP contribution < -0.4 is 4.90 Å². The average molecular weight is 796 g/mol. The molecule has 9 aromatic rings. The van der Waals surface area contributed by atoms with E-state index in [1.54, 1.807) is 0 Å². The van der Waals surface area contributed by atoms with Gasteiger partial charge in [-0.25, -0.2) is 0 Å². The fraction of sp³-hybridized carbons (Fsp3) is 0.115. The van der Waals surface area contributed by atoms with Gasteiger partial charge in [-0.2, -0.15) is 0 Å². The monoisotopic (exact) mass is 795 g/mol. The Morgan fingerprint density at radius 2 is 0.661 bits per heavy atom. The number of hydrogen-bond donors (Lipinski definition) is 0. The van der Waals surface area contributed by atoms with Crippen LogP contribution >= 0.6 is 0 Å². The lowest BCUT2D eigenvalue weighted by atomic mass is 9.64. The molecule has 1 heteroatoms. The molecule has 0 fully saturated rings. The van der Waals surface area contributed by atoms with Gasteiger partial charge in [0.25, 0.3) is 0 Å². The Labute approximate surface area is 366 Å². The minimum atomic E-state index is -0.577. The summed E-state index contributed by atoms with van der Waals surface area (Å²) in [6.07, 6.45) is 0. The fourth-order valence-electron chi connectivity index (χ4n) is 10.9. The van der Waals surface area contributed by atoms with E-state index in [1.807, 2.05) is 0 Å². The zero-order valence-corrected chi connectivity index (χ0v) is 35.8. The van der Waals surface area contributed by atoms with Crippen molar-refractivity contribution in [1.82, 2.24) is 0 Å². The molecule has 0 aliphatic heterocycles. The standard InChI is InChI=1S/C61H49N/c1-59(2)55-26-16-14-24-51(55)53-38-30-43(40-57(53)59)42-28-34-49(35-29-42)62(48-22-12-7-13-23-48)50-36-31-46(32-37-50)61(44-18-8-5-9-19-44,45-20-10-6-11-21-45)47-33-39-54-52-25-15-17-27-56(52)60(3,4)58(54)41-47/h5-41H,1-4H3. The first-order chi connectivity index (χ1) is 30.3. The van der Waals surface area contributed by atoms with Gasteiger partial charge < -0.3 is 4.90 Å². The van der Waals surface area contributed by atoms with Crippen LogP contribution in [0.4, 0.5) is 17.1 Å². The third-order valence-corrected chi connectivity index (χ3v) is 14.0. The van der Waals surface area contributed by atoms with Crippen molar-refractivity contribution in [2.75, 3.05) is 4.90 Å². The van der Waals surface area contributed by atoms with E-state index in [0.29, 0.717) is 0 Å². The lowest BCUT2D eigenvalue weighted by Gasteiger charge is -2.38. The van der Waals surface area contributed by atoms with Gasteiger partial charge in [0.05, 0.1) is 5.41 Å². The second kappa shape index (κ2) is 14.5. The molecule has 0 saturated carbocycles. The third-order valence-electron chi connectivity index (χ3n) is 14.0. The van der Waals surface area contributed by atoms with Gasteiger partial charge in [-0.1, -0.05) is 210 Å². The van der Waals surface area contributed by atoms with Crippen LogP contribution in [-0.4, -0.2) is 0 Å². The van der Waals surface area contributed by atoms with Crippen LogP contribution in [0.5, 0.6) is 0 Å². The van der Waals surface area contributed by atoms with Crippen LogP contribution in [-0.2, 0) is 16.2 Å². The summed E-state index contributed by atoms with van der Waals surface area (Å²) in [6.45, 7) is 9.45. The molecule has 9 aromatic carbocycles. The third kappa shape index (κ3) is 5.76. The zero-order chi connectivity index (χ0) is 42.1. The number of para-hydroxylation sites is 1. The fourth-order valence-corrected chi connectivity index (χ4v) is 10.9. The molecule has 11 rings (SSSR count). The van der Waals surface area contributed by atoms with Gasteiger partial charge in [-0.3, -0.25) is 0 Å². The van der Waals surface area contributed by atoms with Crippen LogP contribution in [0.1, 0.15) is 72.2 Å². The summed E-state index contributed by atoms with van der Waals surface area (Å²) >= 11 is 0. The van der Waals surface area contributed by atoms with Crippen molar-refractivity contribution < 1.29 is 0 Å². The predicted molar refractivity (Wildman–Crippen MR) is 260 cm³/mol. The van der Waals surface area contributed by atoms with Crippen molar-refractivity contribution in [3.8, 4) is 33.4 Å². The summed E-state index contributed by atoms with van der Waals surface area (Å²) in [5.41, 5.74) is 20.9. The Balaban J connectivity index is 1.02. The molecule has 0 heterocycles. The minimum absolute atomic E-state index is 0.0419. The molecule has 298 valence electrons. The van der Waals surface area contributed by atoms with E-state index in [1.165, 1.54) is 77.9 Å². The van der Waals surface area contributed by atoms with Crippen molar-refractivity contribution in [1.29, 1.82) is 0 Å². The van der Waals surface area contributed by atoms with Crippen molar-refractivity contribution in [2.24, 2.45) is 0 Å². The SMILES string of the molecule is CC1(C)c2ccccc2-c2ccc(-c3ccc(N(c4ccccc4)c4ccc(C(c5ccccc5)(c5ccccc5)c5ccc6c(c5)C(C)(C)c5ccccc5-6)cc4)cc3)cc21. The highest BCUT2D eigenvalue weighted by molar-refractivity contribution is 5.85. The first-order valence-corrected chi connectivity index (χ1v) is 21.9. The Morgan fingerprint density at radius 1 is 0.290 bits per heavy atom. The van der Waals surface area contributed by atoms with Crippen LogP contribution in [0.3, 0.4) is 0 Å². The van der Waals surface area contributed by atoms with E-state index < -0.39 is 5.41 Å². The molecule has 0 saturated heterocycles. The molecule has 1 nitrogen and oxygen atoms in total. The number of nitrogens with zero attached hydrogens (tertiary/aromatic N) is 1. The predicted octanol–water partition coefficient (Wildman–Crippen LogP) is 15.8. The summed E-state index contributed by atoms with van der Waals surface area (Å²) in [4.78, 5) is 2.37. The van der Waals surface area contributed by atoms with Crippen molar-refractivity contribution in [3.63, 3.8) is 0 Å². The summed E-state index contributed by atoms with van der Waals surface area (Å²) < 4.78 is 0. The quantitative estimate of drug-likeness (QED) is 0.139. The van der Waals surface area contributed by atoms with Crippen LogP contribution in [0.2, 0.25) is 0 Å². The lowest BCUT2D eigenvalue weighted by Crippen LogP contribution is -2.31. The van der Waals surface area contributed by atoms with Gasteiger partial charge in [-0.05, 0) is 120 Å². The van der Waals surface area contributed by atoms with Gasteiger partial charge in [0.2, 0.25) is 0 Å². The maximum absolute atomic E-state index is 2.50. The largest absolute Gasteiger partial charge is 0.311 e. The summed E-state index contributed by atoms with van der Waals surface area (Å²) in [6, 6.07) is 83.4. The average Bonchev–Trinajstić information content (AvgIpc) is 3.70. The highest BCUT2D eigenvalue weighted by Crippen LogP contribution is 2.53. The van der Waals surface area contributed by atoms with Crippen molar-refractivity contribution >= 4 is 17.1 Å². The zero-order valence-electron chi connectivity index (χ0n) is 35.8. The second-order valence-corrected chi connectivity index (χ2v) is 18.1. The van der Waals surface area contributed by atoms with E-state index in [0.717, 1.165) is 17.1 Å². The number of anilines is 3. The molecule has 0 unspecified atom stereocenters. The van der Waals surface area contributed by atoms with E-state index in [-0.39, 0.29) is 10.8 Å². The van der Waals surface area contributed by atoms with E-state index in [9.17, 15) is 0 Å². The Bertz CT molecular complexity index is 3050. The highest BCUT2D eigenvalue weighted by Gasteiger charge is 2.42. The molecular weight excluding hydrogens is 747 g/mol. The molecule has 0 bridgehead atoms. The van der Waals surface area contributed by atoms with Crippen molar-refractivity contribution in [2.45, 2.75) is 43.9 Å². The molecule has 2 aliphatic rings. The Hall–Kier alpha value is -7.22. The molecule has 0 atom stereocenters. The van der Waals surface area contributed by atoms with Crippen LogP contribution in [0, 0.1) is 0 Å². The van der Waals surface area contributed by atoms with Crippen LogP contribution in [0.25, 0.3) is 33.4 Å². The molecule has 0 N–H and O–H groups in total. The van der Waals surface area contributed by atoms with Crippen LogP contribution in [0.15, 0.2) is 224 Å². The van der Waals surface area contributed by atoms with E-state index in [2.05, 4.69) is 257 Å². The maximum Gasteiger partial charge on any atom is 0.0701 e. The molecule has 0 radical (unpaired) electrons. The minimum Gasteiger partial charge on any atom is -0.311 e. The van der Waals surface area contributed by atoms with Gasteiger partial charge in [0.15, 0.2) is 0 Å². The summed E-state index contributed by atoms with van der Waals surface area (Å²) in [5, 5.41) is 0. The molecule has 0 aromatic heterocycles. The molecule has 0 spiro atoms. The van der Waals surface area contributed by atoms with Gasteiger partial charge in [0.1, 0.15) is 0 Å². The van der Waals surface area contributed by atoms with Crippen molar-refractivity contribution in [3.05, 3.63) is 269 Å². The highest BCUT2D eigenvalue weighted by atomic mass is 15.1. The van der Waals surface area contributed by atoms with E-state index >= 15 is 0 Å². The smallest absolute Gasteiger partial charge is 0.0701 e. The number of hydrogen-bond acceptors (Lipinski definition) is 1. The topological polar surface area (TPSA) is 3.24 Å². The summed E-state index contributed by atoms with van der Waals surface area (Å²) in [7, 11) is 0. The first-order valence-electron chi connectivity index (χ1n) is 21.9. The van der Waals surface area contributed by atoms with Gasteiger partial charge >= 0.3 is 0 Å². The molecule has 62 heavy (non-hydrogen) atoms. The first kappa shape index (κ1) is 37.8. The van der Waals surface area contributed by atoms with Gasteiger partial charge in [-0.15, -0.1) is 0 Å². The number of fused-ring (bicyclic) bond motifs is 6. The number of benzene rings is 9. The van der Waals surface area contributed by atoms with Gasteiger partial charge in [0, 0.05) is 27.9 Å². The number of rotatable bonds is 8. The second-order valence-electron chi connectivity index (χ2n) is 18.1. The lowest BCUT2D eigenvalue weighted by molar-refractivity contribution is 0.654. The molecular formula is C61H49N. The molecule has 2 aliphatic carbocycles. The molecule has 0 amide bonds. The normalized spacial score (nSPS) is 14.1. The van der Waals surface area contributed by atoms with E-state index in [4.69, 9.17) is 0 Å². The Kier molecular flexibility index (Phi) is 8.81. The summed E-state index contributed by atoms with van der Waals surface area (Å²) in [5.74, 6) is 0. The maximum atomic E-state index is 2.50.